The average Bonchev–Trinajstić information content (AvgIpc) is 3.16. The van der Waals surface area contributed by atoms with Crippen LogP contribution in [0.3, 0.4) is 0 Å². The van der Waals surface area contributed by atoms with Crippen molar-refractivity contribution in [1.82, 2.24) is 9.88 Å². The van der Waals surface area contributed by atoms with Gasteiger partial charge >= 0.3 is 0 Å². The summed E-state index contributed by atoms with van der Waals surface area (Å²) in [5, 5.41) is 3.38. The van der Waals surface area contributed by atoms with E-state index in [1.807, 2.05) is 53.4 Å². The van der Waals surface area contributed by atoms with Crippen LogP contribution < -0.4 is 10.2 Å². The summed E-state index contributed by atoms with van der Waals surface area (Å²) in [6, 6.07) is 15.3. The van der Waals surface area contributed by atoms with Crippen LogP contribution in [0.1, 0.15) is 6.92 Å². The number of carbonyl (C=O) groups is 2. The SMILES string of the molecule is CC(=O)N1CCN(c2ccc(NC(=O)CSc3nc4ccccc4o3)cc2)CC1. The van der Waals surface area contributed by atoms with Crippen LogP contribution in [0.15, 0.2) is 58.2 Å². The minimum absolute atomic E-state index is 0.111. The van der Waals surface area contributed by atoms with Gasteiger partial charge < -0.3 is 19.5 Å². The summed E-state index contributed by atoms with van der Waals surface area (Å²) in [4.78, 5) is 32.1. The molecule has 2 heterocycles. The molecule has 1 N–H and O–H groups in total. The van der Waals surface area contributed by atoms with Gasteiger partial charge in [0.05, 0.1) is 5.75 Å². The van der Waals surface area contributed by atoms with Crippen molar-refractivity contribution in [2.75, 3.05) is 42.1 Å². The fourth-order valence-corrected chi connectivity index (χ4v) is 3.91. The van der Waals surface area contributed by atoms with Gasteiger partial charge in [-0.05, 0) is 36.4 Å². The van der Waals surface area contributed by atoms with Crippen molar-refractivity contribution in [3.05, 3.63) is 48.5 Å². The second-order valence-electron chi connectivity index (χ2n) is 6.82. The van der Waals surface area contributed by atoms with Crippen LogP contribution in [-0.2, 0) is 9.59 Å². The number of anilines is 2. The summed E-state index contributed by atoms with van der Waals surface area (Å²) in [5.74, 6) is 0.236. The highest BCUT2D eigenvalue weighted by Crippen LogP contribution is 2.24. The molecule has 1 fully saturated rings. The molecule has 150 valence electrons. The van der Waals surface area contributed by atoms with Gasteiger partial charge in [-0.2, -0.15) is 0 Å². The maximum atomic E-state index is 12.2. The Morgan fingerprint density at radius 2 is 1.79 bits per heavy atom. The molecule has 0 spiro atoms. The van der Waals surface area contributed by atoms with E-state index in [4.69, 9.17) is 4.42 Å². The molecule has 2 amide bonds. The van der Waals surface area contributed by atoms with Crippen molar-refractivity contribution >= 4 is 46.1 Å². The molecule has 1 saturated heterocycles. The third kappa shape index (κ3) is 4.71. The van der Waals surface area contributed by atoms with Crippen molar-refractivity contribution in [2.45, 2.75) is 12.1 Å². The van der Waals surface area contributed by atoms with Crippen molar-refractivity contribution < 1.29 is 14.0 Å². The second-order valence-corrected chi connectivity index (χ2v) is 7.75. The van der Waals surface area contributed by atoms with E-state index in [2.05, 4.69) is 15.2 Å². The van der Waals surface area contributed by atoms with Gasteiger partial charge in [0, 0.05) is 44.5 Å². The number of piperazine rings is 1. The Hall–Kier alpha value is -3.00. The molecule has 3 aromatic rings. The van der Waals surface area contributed by atoms with Gasteiger partial charge in [0.2, 0.25) is 11.8 Å². The first-order chi connectivity index (χ1) is 14.1. The lowest BCUT2D eigenvalue weighted by molar-refractivity contribution is -0.129. The van der Waals surface area contributed by atoms with Gasteiger partial charge in [0.15, 0.2) is 5.58 Å². The number of para-hydroxylation sites is 2. The molecule has 8 heteroatoms. The first-order valence-electron chi connectivity index (χ1n) is 9.47. The van der Waals surface area contributed by atoms with Crippen molar-refractivity contribution in [1.29, 1.82) is 0 Å². The Balaban J connectivity index is 1.28. The normalized spacial score (nSPS) is 14.2. The van der Waals surface area contributed by atoms with Gasteiger partial charge in [-0.1, -0.05) is 23.9 Å². The Morgan fingerprint density at radius 3 is 2.48 bits per heavy atom. The van der Waals surface area contributed by atoms with Crippen LogP contribution in [-0.4, -0.2) is 53.6 Å². The minimum atomic E-state index is -0.111. The van der Waals surface area contributed by atoms with Crippen molar-refractivity contribution in [2.24, 2.45) is 0 Å². The second kappa shape index (κ2) is 8.57. The van der Waals surface area contributed by atoms with Gasteiger partial charge in [0.1, 0.15) is 5.52 Å². The highest BCUT2D eigenvalue weighted by Gasteiger charge is 2.18. The molecule has 0 saturated carbocycles. The van der Waals surface area contributed by atoms with Crippen LogP contribution in [0, 0.1) is 0 Å². The zero-order valence-corrected chi connectivity index (χ0v) is 16.9. The highest BCUT2D eigenvalue weighted by atomic mass is 32.2. The summed E-state index contributed by atoms with van der Waals surface area (Å²) in [6.45, 7) is 4.70. The number of rotatable bonds is 5. The van der Waals surface area contributed by atoms with Gasteiger partial charge in [-0.15, -0.1) is 0 Å². The van der Waals surface area contributed by atoms with Crippen LogP contribution in [0.2, 0.25) is 0 Å². The summed E-state index contributed by atoms with van der Waals surface area (Å²) in [5.41, 5.74) is 3.34. The number of carbonyl (C=O) groups excluding carboxylic acids is 2. The molecule has 0 atom stereocenters. The number of hydrogen-bond acceptors (Lipinski definition) is 6. The Kier molecular flexibility index (Phi) is 5.71. The lowest BCUT2D eigenvalue weighted by atomic mass is 10.2. The van der Waals surface area contributed by atoms with Crippen LogP contribution >= 0.6 is 11.8 Å². The van der Waals surface area contributed by atoms with Gasteiger partial charge in [-0.25, -0.2) is 4.98 Å². The predicted octanol–water partition coefficient (Wildman–Crippen LogP) is 3.23. The molecule has 29 heavy (non-hydrogen) atoms. The van der Waals surface area contributed by atoms with Crippen LogP contribution in [0.5, 0.6) is 0 Å². The number of thioether (sulfide) groups is 1. The summed E-state index contributed by atoms with van der Waals surface area (Å²) in [7, 11) is 0. The number of hydrogen-bond donors (Lipinski definition) is 1. The van der Waals surface area contributed by atoms with Crippen LogP contribution in [0.4, 0.5) is 11.4 Å². The maximum absolute atomic E-state index is 12.2. The standard InChI is InChI=1S/C21H22N4O3S/c1-15(26)24-10-12-25(13-11-24)17-8-6-16(7-9-17)22-20(27)14-29-21-23-18-4-2-3-5-19(18)28-21/h2-9H,10-14H2,1H3,(H,22,27). The van der Waals surface area contributed by atoms with E-state index in [-0.39, 0.29) is 17.6 Å². The van der Waals surface area contributed by atoms with Crippen molar-refractivity contribution in [3.63, 3.8) is 0 Å². The fourth-order valence-electron chi connectivity index (χ4n) is 3.27. The van der Waals surface area contributed by atoms with E-state index in [1.54, 1.807) is 6.92 Å². The van der Waals surface area contributed by atoms with Crippen molar-refractivity contribution in [3.8, 4) is 0 Å². The third-order valence-corrected chi connectivity index (χ3v) is 5.67. The molecule has 0 bridgehead atoms. The van der Waals surface area contributed by atoms with E-state index >= 15 is 0 Å². The Labute approximate surface area is 173 Å². The summed E-state index contributed by atoms with van der Waals surface area (Å²) in [6.07, 6.45) is 0. The number of nitrogens with one attached hydrogen (secondary N) is 1. The first-order valence-corrected chi connectivity index (χ1v) is 10.5. The number of oxazole rings is 1. The molecule has 0 radical (unpaired) electrons. The molecule has 1 aromatic heterocycles. The number of aromatic nitrogens is 1. The zero-order chi connectivity index (χ0) is 20.2. The average molecular weight is 410 g/mol. The molecular formula is C21H22N4O3S. The lowest BCUT2D eigenvalue weighted by Gasteiger charge is -2.35. The van der Waals surface area contributed by atoms with Crippen LogP contribution in [0.25, 0.3) is 11.1 Å². The van der Waals surface area contributed by atoms with E-state index in [9.17, 15) is 9.59 Å². The monoisotopic (exact) mass is 410 g/mol. The van der Waals surface area contributed by atoms with E-state index < -0.39 is 0 Å². The number of benzene rings is 2. The molecule has 0 unspecified atom stereocenters. The first kappa shape index (κ1) is 19.3. The molecule has 7 nitrogen and oxygen atoms in total. The predicted molar refractivity (Wildman–Crippen MR) is 114 cm³/mol. The number of nitrogens with zero attached hydrogens (tertiary/aromatic N) is 3. The molecule has 1 aliphatic rings. The number of amides is 2. The minimum Gasteiger partial charge on any atom is -0.431 e. The van der Waals surface area contributed by atoms with E-state index in [0.717, 1.165) is 48.7 Å². The fraction of sp³-hybridized carbons (Fsp3) is 0.286. The largest absolute Gasteiger partial charge is 0.431 e. The van der Waals surface area contributed by atoms with E-state index in [0.29, 0.717) is 5.22 Å². The van der Waals surface area contributed by atoms with Gasteiger partial charge in [-0.3, -0.25) is 9.59 Å². The molecule has 1 aliphatic heterocycles. The summed E-state index contributed by atoms with van der Waals surface area (Å²) < 4.78 is 5.62. The highest BCUT2D eigenvalue weighted by molar-refractivity contribution is 7.99. The maximum Gasteiger partial charge on any atom is 0.257 e. The molecular weight excluding hydrogens is 388 g/mol. The third-order valence-electron chi connectivity index (χ3n) is 4.84. The van der Waals surface area contributed by atoms with E-state index in [1.165, 1.54) is 11.8 Å². The lowest BCUT2D eigenvalue weighted by Crippen LogP contribution is -2.48. The molecule has 2 aromatic carbocycles. The Bertz CT molecular complexity index is 977. The topological polar surface area (TPSA) is 78.7 Å². The van der Waals surface area contributed by atoms with Gasteiger partial charge in [0.25, 0.3) is 5.22 Å². The zero-order valence-electron chi connectivity index (χ0n) is 16.1. The molecule has 0 aliphatic carbocycles. The smallest absolute Gasteiger partial charge is 0.257 e. The summed E-state index contributed by atoms with van der Waals surface area (Å²) >= 11 is 1.27. The quantitative estimate of drug-likeness (QED) is 0.651. The number of fused-ring (bicyclic) bond motifs is 1. The Morgan fingerprint density at radius 1 is 1.07 bits per heavy atom. The molecule has 4 rings (SSSR count).